The standard InChI is InChI=1S/C17H24N4OS.C2HF3O2/c1-12-5-6-15(23-12)11-20-7-8-21-10-14(9-16(22)19(3)4)18-17(21)13(20)2;3-2(4,5)1(6)7/h5-6,10,13H,7-9,11H2,1-4H3;(H,6,7). The summed E-state index contributed by atoms with van der Waals surface area (Å²) in [5.41, 5.74) is 0.874. The van der Waals surface area contributed by atoms with E-state index in [0.29, 0.717) is 6.42 Å². The molecule has 30 heavy (non-hydrogen) atoms. The molecule has 0 spiro atoms. The van der Waals surface area contributed by atoms with Crippen molar-refractivity contribution in [3.8, 4) is 0 Å². The lowest BCUT2D eigenvalue weighted by Crippen LogP contribution is -2.36. The number of rotatable bonds is 4. The van der Waals surface area contributed by atoms with Crippen LogP contribution in [0.2, 0.25) is 0 Å². The Morgan fingerprint density at radius 3 is 2.43 bits per heavy atom. The predicted octanol–water partition coefficient (Wildman–Crippen LogP) is 3.09. The van der Waals surface area contributed by atoms with Crippen molar-refractivity contribution >= 4 is 23.2 Å². The second-order valence-electron chi connectivity index (χ2n) is 7.21. The van der Waals surface area contributed by atoms with Gasteiger partial charge in [-0.15, -0.1) is 11.3 Å². The highest BCUT2D eigenvalue weighted by Crippen LogP contribution is 2.28. The van der Waals surface area contributed by atoms with Gasteiger partial charge in [-0.05, 0) is 26.0 Å². The van der Waals surface area contributed by atoms with E-state index in [9.17, 15) is 18.0 Å². The number of fused-ring (bicyclic) bond motifs is 1. The number of amides is 1. The smallest absolute Gasteiger partial charge is 0.475 e. The maximum atomic E-state index is 11.9. The molecule has 3 rings (SSSR count). The molecule has 0 aromatic carbocycles. The molecule has 1 atom stereocenters. The first kappa shape index (κ1) is 23.9. The molecule has 1 aliphatic rings. The summed E-state index contributed by atoms with van der Waals surface area (Å²) < 4.78 is 33.9. The minimum atomic E-state index is -5.08. The van der Waals surface area contributed by atoms with Gasteiger partial charge in [0.15, 0.2) is 0 Å². The van der Waals surface area contributed by atoms with Crippen molar-refractivity contribution in [1.82, 2.24) is 19.4 Å². The van der Waals surface area contributed by atoms with Crippen LogP contribution in [0.15, 0.2) is 18.3 Å². The zero-order chi connectivity index (χ0) is 22.6. The molecule has 166 valence electrons. The third-order valence-corrected chi connectivity index (χ3v) is 5.62. The Bertz CT molecular complexity index is 892. The van der Waals surface area contributed by atoms with E-state index in [-0.39, 0.29) is 11.9 Å². The fourth-order valence-electron chi connectivity index (χ4n) is 2.98. The molecule has 7 nitrogen and oxygen atoms in total. The summed E-state index contributed by atoms with van der Waals surface area (Å²) in [5.74, 6) is -1.59. The van der Waals surface area contributed by atoms with Gasteiger partial charge in [0.25, 0.3) is 0 Å². The average molecular weight is 446 g/mol. The number of aryl methyl sites for hydroxylation is 1. The number of likely N-dealkylation sites (N-methyl/N-ethyl adjacent to an activating group) is 1. The normalized spacial score (nSPS) is 16.4. The molecule has 0 fully saturated rings. The summed E-state index contributed by atoms with van der Waals surface area (Å²) in [4.78, 5) is 32.3. The minimum absolute atomic E-state index is 0.0963. The third-order valence-electron chi connectivity index (χ3n) is 4.64. The summed E-state index contributed by atoms with van der Waals surface area (Å²) in [6, 6.07) is 4.67. The van der Waals surface area contributed by atoms with Gasteiger partial charge in [-0.1, -0.05) is 0 Å². The number of alkyl halides is 3. The summed E-state index contributed by atoms with van der Waals surface area (Å²) in [6.45, 7) is 7.28. The topological polar surface area (TPSA) is 78.7 Å². The van der Waals surface area contributed by atoms with Crippen LogP contribution in [-0.2, 0) is 29.1 Å². The summed E-state index contributed by atoms with van der Waals surface area (Å²) >= 11 is 1.86. The van der Waals surface area contributed by atoms with Crippen LogP contribution in [0.3, 0.4) is 0 Å². The molecule has 1 N–H and O–H groups in total. The van der Waals surface area contributed by atoms with Crippen molar-refractivity contribution < 1.29 is 27.9 Å². The van der Waals surface area contributed by atoms with Gasteiger partial charge >= 0.3 is 12.1 Å². The van der Waals surface area contributed by atoms with Crippen molar-refractivity contribution in [1.29, 1.82) is 0 Å². The number of carboxylic acids is 1. The molecule has 0 saturated carbocycles. The maximum Gasteiger partial charge on any atom is 0.490 e. The second kappa shape index (κ2) is 9.61. The average Bonchev–Trinajstić information content (AvgIpc) is 3.23. The molecule has 0 bridgehead atoms. The van der Waals surface area contributed by atoms with E-state index >= 15 is 0 Å². The van der Waals surface area contributed by atoms with Gasteiger partial charge in [0.05, 0.1) is 18.2 Å². The van der Waals surface area contributed by atoms with Crippen LogP contribution in [0.5, 0.6) is 0 Å². The number of carbonyl (C=O) groups excluding carboxylic acids is 1. The van der Waals surface area contributed by atoms with Crippen molar-refractivity contribution in [2.24, 2.45) is 0 Å². The Morgan fingerprint density at radius 2 is 1.93 bits per heavy atom. The van der Waals surface area contributed by atoms with E-state index in [1.165, 1.54) is 9.75 Å². The predicted molar refractivity (Wildman–Crippen MR) is 106 cm³/mol. The molecular formula is C19H25F3N4O3S. The first-order valence-corrected chi connectivity index (χ1v) is 10.1. The van der Waals surface area contributed by atoms with Crippen LogP contribution in [0.25, 0.3) is 0 Å². The number of carboxylic acid groups (broad SMARTS) is 1. The number of carbonyl (C=O) groups is 2. The first-order chi connectivity index (χ1) is 13.9. The monoisotopic (exact) mass is 446 g/mol. The van der Waals surface area contributed by atoms with Gasteiger partial charge in [-0.2, -0.15) is 13.2 Å². The lowest BCUT2D eigenvalue weighted by molar-refractivity contribution is -0.192. The zero-order valence-electron chi connectivity index (χ0n) is 17.2. The van der Waals surface area contributed by atoms with Crippen LogP contribution in [-0.4, -0.2) is 63.2 Å². The van der Waals surface area contributed by atoms with Crippen LogP contribution in [0.4, 0.5) is 13.2 Å². The van der Waals surface area contributed by atoms with E-state index in [2.05, 4.69) is 35.4 Å². The van der Waals surface area contributed by atoms with Crippen molar-refractivity contribution in [3.63, 3.8) is 0 Å². The van der Waals surface area contributed by atoms with Crippen LogP contribution >= 0.6 is 11.3 Å². The van der Waals surface area contributed by atoms with Crippen LogP contribution < -0.4 is 0 Å². The highest BCUT2D eigenvalue weighted by Gasteiger charge is 2.38. The van der Waals surface area contributed by atoms with E-state index < -0.39 is 12.1 Å². The molecule has 0 aliphatic carbocycles. The number of aliphatic carboxylic acids is 1. The van der Waals surface area contributed by atoms with Crippen molar-refractivity contribution in [3.05, 3.63) is 39.6 Å². The Balaban J connectivity index is 0.000000396. The molecule has 3 heterocycles. The number of thiophene rings is 1. The summed E-state index contributed by atoms with van der Waals surface area (Å²) in [7, 11) is 3.57. The third kappa shape index (κ3) is 6.30. The van der Waals surface area contributed by atoms with Gasteiger partial charge in [0.2, 0.25) is 5.91 Å². The van der Waals surface area contributed by atoms with E-state index in [0.717, 1.165) is 31.2 Å². The number of imidazole rings is 1. The number of hydrogen-bond donors (Lipinski definition) is 1. The molecule has 1 amide bonds. The van der Waals surface area contributed by atoms with Gasteiger partial charge < -0.3 is 14.6 Å². The quantitative estimate of drug-likeness (QED) is 0.781. The molecular weight excluding hydrogens is 421 g/mol. The zero-order valence-corrected chi connectivity index (χ0v) is 18.0. The molecule has 1 aliphatic heterocycles. The largest absolute Gasteiger partial charge is 0.490 e. The number of halogens is 3. The van der Waals surface area contributed by atoms with Gasteiger partial charge in [-0.25, -0.2) is 9.78 Å². The Hall–Kier alpha value is -2.40. The summed E-state index contributed by atoms with van der Waals surface area (Å²) in [6.07, 6.45) is -2.66. The van der Waals surface area contributed by atoms with Crippen molar-refractivity contribution in [2.75, 3.05) is 20.6 Å². The van der Waals surface area contributed by atoms with E-state index in [4.69, 9.17) is 14.9 Å². The minimum Gasteiger partial charge on any atom is -0.475 e. The first-order valence-electron chi connectivity index (χ1n) is 9.24. The van der Waals surface area contributed by atoms with Gasteiger partial charge in [0.1, 0.15) is 5.82 Å². The lowest BCUT2D eigenvalue weighted by Gasteiger charge is -2.33. The second-order valence-corrected chi connectivity index (χ2v) is 8.58. The number of nitrogens with zero attached hydrogens (tertiary/aromatic N) is 4. The Morgan fingerprint density at radius 1 is 1.30 bits per heavy atom. The van der Waals surface area contributed by atoms with E-state index in [1.807, 2.05) is 17.5 Å². The lowest BCUT2D eigenvalue weighted by atomic mass is 10.2. The van der Waals surface area contributed by atoms with Gasteiger partial charge in [0, 0.05) is 49.7 Å². The Kier molecular flexibility index (Phi) is 7.64. The highest BCUT2D eigenvalue weighted by molar-refractivity contribution is 7.11. The van der Waals surface area contributed by atoms with Crippen molar-refractivity contribution in [2.45, 2.75) is 45.6 Å². The highest BCUT2D eigenvalue weighted by atomic mass is 32.1. The number of aromatic nitrogens is 2. The molecule has 0 radical (unpaired) electrons. The Labute approximate surface area is 176 Å². The number of hydrogen-bond acceptors (Lipinski definition) is 5. The molecule has 2 aromatic rings. The summed E-state index contributed by atoms with van der Waals surface area (Å²) in [5, 5.41) is 7.12. The van der Waals surface area contributed by atoms with Gasteiger partial charge in [-0.3, -0.25) is 9.69 Å². The SMILES string of the molecule is Cc1ccc(CN2CCn3cc(CC(=O)N(C)C)nc3C2C)s1.O=C(O)C(F)(F)F. The molecule has 0 saturated heterocycles. The van der Waals surface area contributed by atoms with Crippen LogP contribution in [0, 0.1) is 6.92 Å². The van der Waals surface area contributed by atoms with Crippen LogP contribution in [0.1, 0.15) is 34.2 Å². The maximum absolute atomic E-state index is 11.9. The van der Waals surface area contributed by atoms with E-state index in [1.54, 1.807) is 19.0 Å². The fourth-order valence-corrected chi connectivity index (χ4v) is 3.89. The molecule has 2 aromatic heterocycles. The fraction of sp³-hybridized carbons (Fsp3) is 0.526. The molecule has 11 heteroatoms. The molecule has 1 unspecified atom stereocenters.